The number of sulfonamides is 1. The van der Waals surface area contributed by atoms with E-state index in [9.17, 15) is 13.5 Å². The van der Waals surface area contributed by atoms with Crippen LogP contribution in [0.3, 0.4) is 0 Å². The lowest BCUT2D eigenvalue weighted by Gasteiger charge is -2.25. The molecule has 0 spiro atoms. The Kier molecular flexibility index (Phi) is 3.65. The number of halogens is 1. The third-order valence-corrected chi connectivity index (χ3v) is 5.75. The second-order valence-electron chi connectivity index (χ2n) is 5.06. The average Bonchev–Trinajstić information content (AvgIpc) is 2.70. The second kappa shape index (κ2) is 5.21. The normalized spacial score (nSPS) is 24.8. The summed E-state index contributed by atoms with van der Waals surface area (Å²) in [4.78, 5) is 0.178. The molecule has 110 valence electrons. The zero-order valence-corrected chi connectivity index (χ0v) is 13.4. The van der Waals surface area contributed by atoms with Gasteiger partial charge >= 0.3 is 0 Å². The van der Waals surface area contributed by atoms with Crippen LogP contribution in [0, 0.1) is 0 Å². The summed E-state index contributed by atoms with van der Waals surface area (Å²) in [6.07, 6.45) is 0.352. The lowest BCUT2D eigenvalue weighted by Crippen LogP contribution is -2.39. The van der Waals surface area contributed by atoms with Gasteiger partial charge in [-0.3, -0.25) is 0 Å². The zero-order chi connectivity index (χ0) is 15.1. The van der Waals surface area contributed by atoms with Gasteiger partial charge < -0.3 is 5.11 Å². The fourth-order valence-electron chi connectivity index (χ4n) is 2.56. The Morgan fingerprint density at radius 1 is 1.10 bits per heavy atom. The monoisotopic (exact) mass is 367 g/mol. The van der Waals surface area contributed by atoms with Gasteiger partial charge in [-0.2, -0.15) is 4.72 Å². The number of nitrogens with one attached hydrogen (secondary N) is 1. The zero-order valence-electron chi connectivity index (χ0n) is 11.0. The van der Waals surface area contributed by atoms with E-state index in [1.165, 1.54) is 12.1 Å². The molecule has 3 rings (SSSR count). The molecule has 0 saturated carbocycles. The SMILES string of the molecule is O=S(=O)(N[C@H]1c2ccccc2C[C@]1(O)Br)c1ccccc1. The van der Waals surface area contributed by atoms with E-state index in [2.05, 4.69) is 20.7 Å². The maximum absolute atomic E-state index is 12.4. The second-order valence-corrected chi connectivity index (χ2v) is 8.15. The van der Waals surface area contributed by atoms with Crippen molar-refractivity contribution in [2.45, 2.75) is 21.9 Å². The summed E-state index contributed by atoms with van der Waals surface area (Å²) in [5.41, 5.74) is 1.72. The first-order chi connectivity index (χ1) is 9.90. The first kappa shape index (κ1) is 14.7. The van der Waals surface area contributed by atoms with Crippen molar-refractivity contribution < 1.29 is 13.5 Å². The Morgan fingerprint density at radius 3 is 2.43 bits per heavy atom. The highest BCUT2D eigenvalue weighted by atomic mass is 79.9. The van der Waals surface area contributed by atoms with E-state index in [0.717, 1.165) is 11.1 Å². The van der Waals surface area contributed by atoms with Crippen LogP contribution in [0.2, 0.25) is 0 Å². The highest BCUT2D eigenvalue weighted by Gasteiger charge is 2.44. The van der Waals surface area contributed by atoms with Crippen LogP contribution in [0.5, 0.6) is 0 Å². The maximum Gasteiger partial charge on any atom is 0.241 e. The Balaban J connectivity index is 1.98. The summed E-state index contributed by atoms with van der Waals surface area (Å²) in [5, 5.41) is 10.5. The fraction of sp³-hybridized carbons (Fsp3) is 0.200. The lowest BCUT2D eigenvalue weighted by atomic mass is 10.1. The van der Waals surface area contributed by atoms with Gasteiger partial charge in [-0.15, -0.1) is 0 Å². The van der Waals surface area contributed by atoms with E-state index in [0.29, 0.717) is 6.42 Å². The number of rotatable bonds is 3. The summed E-state index contributed by atoms with van der Waals surface area (Å²) < 4.78 is 26.2. The van der Waals surface area contributed by atoms with Crippen molar-refractivity contribution in [3.05, 3.63) is 65.7 Å². The molecule has 2 aromatic rings. The summed E-state index contributed by atoms with van der Waals surface area (Å²) >= 11 is 3.24. The van der Waals surface area contributed by atoms with Gasteiger partial charge in [0.25, 0.3) is 0 Å². The van der Waals surface area contributed by atoms with Crippen molar-refractivity contribution >= 4 is 26.0 Å². The standard InChI is InChI=1S/C15H14BrNO3S/c16-15(18)10-11-6-4-5-9-13(11)14(15)17-21(19,20)12-7-2-1-3-8-12/h1-9,14,17-18H,10H2/t14-,15+/m0/s1. The van der Waals surface area contributed by atoms with Crippen molar-refractivity contribution in [3.63, 3.8) is 0 Å². The van der Waals surface area contributed by atoms with Crippen molar-refractivity contribution in [1.82, 2.24) is 4.72 Å². The van der Waals surface area contributed by atoms with Gasteiger partial charge in [0, 0.05) is 6.42 Å². The number of benzene rings is 2. The van der Waals surface area contributed by atoms with Crippen molar-refractivity contribution in [2.75, 3.05) is 0 Å². The highest BCUT2D eigenvalue weighted by molar-refractivity contribution is 9.10. The molecule has 0 bridgehead atoms. The van der Waals surface area contributed by atoms with Crippen LogP contribution >= 0.6 is 15.9 Å². The van der Waals surface area contributed by atoms with Gasteiger partial charge in [0.15, 0.2) is 0 Å². The Morgan fingerprint density at radius 2 is 1.71 bits per heavy atom. The summed E-state index contributed by atoms with van der Waals surface area (Å²) in [6, 6.07) is 14.8. The Bertz CT molecular complexity index is 759. The largest absolute Gasteiger partial charge is 0.376 e. The van der Waals surface area contributed by atoms with Crippen molar-refractivity contribution in [1.29, 1.82) is 0 Å². The molecule has 6 heteroatoms. The molecule has 4 nitrogen and oxygen atoms in total. The minimum absolute atomic E-state index is 0.178. The third-order valence-electron chi connectivity index (χ3n) is 3.57. The van der Waals surface area contributed by atoms with Crippen LogP contribution in [0.1, 0.15) is 17.2 Å². The molecule has 21 heavy (non-hydrogen) atoms. The molecule has 0 radical (unpaired) electrons. The van der Waals surface area contributed by atoms with Crippen LogP contribution in [0.15, 0.2) is 59.5 Å². The quantitative estimate of drug-likeness (QED) is 0.818. The van der Waals surface area contributed by atoms with E-state index in [1.54, 1.807) is 18.2 Å². The van der Waals surface area contributed by atoms with Gasteiger partial charge in [-0.1, -0.05) is 58.4 Å². The molecular formula is C15H14BrNO3S. The molecule has 1 aliphatic rings. The van der Waals surface area contributed by atoms with Crippen molar-refractivity contribution in [2.24, 2.45) is 0 Å². The molecule has 2 N–H and O–H groups in total. The van der Waals surface area contributed by atoms with Crippen LogP contribution < -0.4 is 4.72 Å². The molecule has 0 heterocycles. The smallest absolute Gasteiger partial charge is 0.241 e. The van der Waals surface area contributed by atoms with E-state index in [-0.39, 0.29) is 4.90 Å². The van der Waals surface area contributed by atoms with Gasteiger partial charge in [-0.05, 0) is 23.3 Å². The van der Waals surface area contributed by atoms with Crippen LogP contribution in [-0.4, -0.2) is 18.0 Å². The predicted octanol–water partition coefficient (Wildman–Crippen LogP) is 2.35. The fourth-order valence-corrected chi connectivity index (χ4v) is 4.66. The Labute approximate surface area is 132 Å². The van der Waals surface area contributed by atoms with Gasteiger partial charge in [0.2, 0.25) is 10.0 Å². The molecule has 0 amide bonds. The van der Waals surface area contributed by atoms with Crippen LogP contribution in [0.4, 0.5) is 0 Å². The van der Waals surface area contributed by atoms with Crippen LogP contribution in [-0.2, 0) is 16.4 Å². The summed E-state index contributed by atoms with van der Waals surface area (Å²) in [5.74, 6) is 0. The van der Waals surface area contributed by atoms with Crippen LogP contribution in [0.25, 0.3) is 0 Å². The molecule has 0 saturated heterocycles. The number of hydrogen-bond acceptors (Lipinski definition) is 3. The Hall–Kier alpha value is -1.21. The first-order valence-electron chi connectivity index (χ1n) is 6.47. The minimum Gasteiger partial charge on any atom is -0.376 e. The molecule has 1 aliphatic carbocycles. The lowest BCUT2D eigenvalue weighted by molar-refractivity contribution is 0.122. The first-order valence-corrected chi connectivity index (χ1v) is 8.74. The van der Waals surface area contributed by atoms with E-state index >= 15 is 0 Å². The summed E-state index contributed by atoms with van der Waals surface area (Å²) in [7, 11) is -3.70. The summed E-state index contributed by atoms with van der Waals surface area (Å²) in [6.45, 7) is 0. The molecule has 0 unspecified atom stereocenters. The molecule has 0 aromatic heterocycles. The van der Waals surface area contributed by atoms with E-state index in [1.807, 2.05) is 24.3 Å². The molecular weight excluding hydrogens is 354 g/mol. The van der Waals surface area contributed by atoms with E-state index in [4.69, 9.17) is 0 Å². The number of alkyl halides is 1. The molecule has 2 aromatic carbocycles. The molecule has 0 fully saturated rings. The van der Waals surface area contributed by atoms with Gasteiger partial charge in [0.05, 0.1) is 10.9 Å². The minimum atomic E-state index is -3.70. The molecule has 0 aliphatic heterocycles. The average molecular weight is 368 g/mol. The number of hydrogen-bond donors (Lipinski definition) is 2. The third kappa shape index (κ3) is 2.76. The number of aliphatic hydroxyl groups is 1. The highest BCUT2D eigenvalue weighted by Crippen LogP contribution is 2.43. The topological polar surface area (TPSA) is 66.4 Å². The molecule has 2 atom stereocenters. The number of fused-ring (bicyclic) bond motifs is 1. The maximum atomic E-state index is 12.4. The van der Waals surface area contributed by atoms with Crippen molar-refractivity contribution in [3.8, 4) is 0 Å². The van der Waals surface area contributed by atoms with E-state index < -0.39 is 20.6 Å². The van der Waals surface area contributed by atoms with Gasteiger partial charge in [0.1, 0.15) is 4.51 Å². The van der Waals surface area contributed by atoms with Gasteiger partial charge in [-0.25, -0.2) is 8.42 Å². The predicted molar refractivity (Wildman–Crippen MR) is 83.5 cm³/mol.